The molecule has 1 aliphatic rings. The topological polar surface area (TPSA) is 95.0 Å². The van der Waals surface area contributed by atoms with Crippen LogP contribution in [0.2, 0.25) is 0 Å². The molecule has 0 radical (unpaired) electrons. The summed E-state index contributed by atoms with van der Waals surface area (Å²) in [7, 11) is 0. The van der Waals surface area contributed by atoms with Crippen molar-refractivity contribution in [1.82, 2.24) is 14.9 Å². The summed E-state index contributed by atoms with van der Waals surface area (Å²) in [5.41, 5.74) is 3.97. The largest absolute Gasteiger partial charge is 0.361 e. The van der Waals surface area contributed by atoms with Crippen molar-refractivity contribution in [3.05, 3.63) is 86.3 Å². The van der Waals surface area contributed by atoms with Gasteiger partial charge in [0.15, 0.2) is 0 Å². The highest BCUT2D eigenvalue weighted by Crippen LogP contribution is 2.33. The van der Waals surface area contributed by atoms with Crippen molar-refractivity contribution in [3.63, 3.8) is 0 Å². The zero-order valence-electron chi connectivity index (χ0n) is 17.1. The summed E-state index contributed by atoms with van der Waals surface area (Å²) in [5, 5.41) is 13.2. The second-order valence-corrected chi connectivity index (χ2v) is 8.30. The average Bonchev–Trinajstić information content (AvgIpc) is 3.21. The van der Waals surface area contributed by atoms with Gasteiger partial charge in [-0.3, -0.25) is 14.9 Å². The third-order valence-corrected chi connectivity index (χ3v) is 6.47. The standard InChI is InChI=1S/C24H24N4O3/c29-24-13-17(20-14-18(28(30)31)5-6-23(20)26-24)9-12-27-10-7-16(8-11-27)21-15-25-22-4-2-1-3-19(21)22/h1-6,13-16,25H,7-12H2,(H,26,29). The molecule has 7 heteroatoms. The number of piperidine rings is 1. The average molecular weight is 416 g/mol. The van der Waals surface area contributed by atoms with Gasteiger partial charge in [0.05, 0.1) is 4.92 Å². The molecule has 4 aromatic rings. The van der Waals surface area contributed by atoms with Gasteiger partial charge < -0.3 is 14.9 Å². The molecule has 2 N–H and O–H groups in total. The van der Waals surface area contributed by atoms with Gasteiger partial charge >= 0.3 is 0 Å². The lowest BCUT2D eigenvalue weighted by atomic mass is 9.89. The summed E-state index contributed by atoms with van der Waals surface area (Å²) in [6.45, 7) is 2.85. The van der Waals surface area contributed by atoms with E-state index in [2.05, 4.69) is 45.3 Å². The Morgan fingerprint density at radius 2 is 1.84 bits per heavy atom. The number of pyridine rings is 1. The number of hydrogen-bond acceptors (Lipinski definition) is 4. The van der Waals surface area contributed by atoms with E-state index >= 15 is 0 Å². The molecule has 0 aliphatic carbocycles. The Kier molecular flexibility index (Phi) is 5.03. The third-order valence-electron chi connectivity index (χ3n) is 6.47. The fourth-order valence-corrected chi connectivity index (χ4v) is 4.81. The van der Waals surface area contributed by atoms with E-state index in [0.29, 0.717) is 17.9 Å². The number of hydrogen-bond donors (Lipinski definition) is 2. The van der Waals surface area contributed by atoms with Crippen molar-refractivity contribution in [1.29, 1.82) is 0 Å². The predicted molar refractivity (Wildman–Crippen MR) is 122 cm³/mol. The van der Waals surface area contributed by atoms with E-state index in [9.17, 15) is 14.9 Å². The molecule has 0 amide bonds. The highest BCUT2D eigenvalue weighted by Gasteiger charge is 2.23. The molecule has 1 fully saturated rings. The van der Waals surface area contributed by atoms with Crippen molar-refractivity contribution in [2.24, 2.45) is 0 Å². The molecule has 0 unspecified atom stereocenters. The minimum Gasteiger partial charge on any atom is -0.361 e. The van der Waals surface area contributed by atoms with Crippen LogP contribution in [0.5, 0.6) is 0 Å². The van der Waals surface area contributed by atoms with Crippen LogP contribution in [0.1, 0.15) is 29.9 Å². The van der Waals surface area contributed by atoms with Crippen LogP contribution >= 0.6 is 0 Å². The molecule has 2 aromatic carbocycles. The number of rotatable bonds is 5. The molecule has 0 saturated carbocycles. The highest BCUT2D eigenvalue weighted by atomic mass is 16.6. The second-order valence-electron chi connectivity index (χ2n) is 8.30. The van der Waals surface area contributed by atoms with E-state index in [4.69, 9.17) is 0 Å². The highest BCUT2D eigenvalue weighted by molar-refractivity contribution is 5.84. The van der Waals surface area contributed by atoms with Crippen molar-refractivity contribution in [2.45, 2.75) is 25.2 Å². The molecule has 5 rings (SSSR count). The smallest absolute Gasteiger partial charge is 0.270 e. The number of non-ortho nitro benzene ring substituents is 1. The number of benzene rings is 2. The van der Waals surface area contributed by atoms with Gasteiger partial charge in [0, 0.05) is 52.7 Å². The maximum atomic E-state index is 12.0. The Morgan fingerprint density at radius 1 is 1.03 bits per heavy atom. The van der Waals surface area contributed by atoms with Crippen LogP contribution in [-0.2, 0) is 6.42 Å². The second kappa shape index (κ2) is 8.00. The SMILES string of the molecule is O=c1cc(CCN2CCC(c3c[nH]c4ccccc34)CC2)c2cc([N+](=O)[O-])ccc2[nH]1. The molecule has 1 saturated heterocycles. The van der Waals surface area contributed by atoms with Crippen LogP contribution in [0.3, 0.4) is 0 Å². The molecule has 3 heterocycles. The van der Waals surface area contributed by atoms with Gasteiger partial charge in [0.25, 0.3) is 5.69 Å². The fourth-order valence-electron chi connectivity index (χ4n) is 4.81. The van der Waals surface area contributed by atoms with Gasteiger partial charge in [0.1, 0.15) is 0 Å². The molecule has 1 aliphatic heterocycles. The van der Waals surface area contributed by atoms with E-state index in [0.717, 1.165) is 43.4 Å². The molecule has 158 valence electrons. The van der Waals surface area contributed by atoms with E-state index < -0.39 is 4.92 Å². The first-order valence-electron chi connectivity index (χ1n) is 10.7. The van der Waals surface area contributed by atoms with Crippen molar-refractivity contribution >= 4 is 27.5 Å². The molecule has 0 atom stereocenters. The van der Waals surface area contributed by atoms with Crippen LogP contribution in [0.25, 0.3) is 21.8 Å². The lowest BCUT2D eigenvalue weighted by Gasteiger charge is -2.32. The number of nitro benzene ring substituents is 1. The molecule has 0 spiro atoms. The van der Waals surface area contributed by atoms with Crippen LogP contribution in [-0.4, -0.2) is 39.4 Å². The summed E-state index contributed by atoms with van der Waals surface area (Å²) in [6.07, 6.45) is 5.05. The van der Waals surface area contributed by atoms with Gasteiger partial charge in [-0.05, 0) is 61.5 Å². The van der Waals surface area contributed by atoms with Crippen molar-refractivity contribution in [3.8, 4) is 0 Å². The summed E-state index contributed by atoms with van der Waals surface area (Å²) in [4.78, 5) is 31.4. The maximum Gasteiger partial charge on any atom is 0.270 e. The van der Waals surface area contributed by atoms with Crippen molar-refractivity contribution in [2.75, 3.05) is 19.6 Å². The number of nitro groups is 1. The lowest BCUT2D eigenvalue weighted by Crippen LogP contribution is -2.34. The minimum absolute atomic E-state index is 0.0420. The molecule has 7 nitrogen and oxygen atoms in total. The third kappa shape index (κ3) is 3.84. The van der Waals surface area contributed by atoms with Gasteiger partial charge in [0.2, 0.25) is 5.56 Å². The quantitative estimate of drug-likeness (QED) is 0.374. The van der Waals surface area contributed by atoms with Gasteiger partial charge in [-0.2, -0.15) is 0 Å². The number of H-pyrrole nitrogens is 2. The number of fused-ring (bicyclic) bond motifs is 2. The van der Waals surface area contributed by atoms with Gasteiger partial charge in [-0.15, -0.1) is 0 Å². The Balaban J connectivity index is 1.28. The van der Waals surface area contributed by atoms with E-state index in [1.165, 1.54) is 22.5 Å². The summed E-state index contributed by atoms with van der Waals surface area (Å²) >= 11 is 0. The Hall–Kier alpha value is -3.45. The zero-order chi connectivity index (χ0) is 21.4. The number of para-hydroxylation sites is 1. The minimum atomic E-state index is -0.399. The van der Waals surface area contributed by atoms with Crippen LogP contribution in [0.4, 0.5) is 5.69 Å². The number of nitrogens with zero attached hydrogens (tertiary/aromatic N) is 2. The van der Waals surface area contributed by atoms with E-state index in [1.54, 1.807) is 18.2 Å². The number of aromatic nitrogens is 2. The molecular weight excluding hydrogens is 392 g/mol. The Labute approximate surface area is 178 Å². The lowest BCUT2D eigenvalue weighted by molar-refractivity contribution is -0.384. The molecule has 31 heavy (non-hydrogen) atoms. The predicted octanol–water partition coefficient (Wildman–Crippen LogP) is 4.34. The molecule has 2 aromatic heterocycles. The van der Waals surface area contributed by atoms with E-state index in [-0.39, 0.29) is 11.2 Å². The zero-order valence-corrected chi connectivity index (χ0v) is 17.1. The summed E-state index contributed by atoms with van der Waals surface area (Å²) in [5.74, 6) is 0.551. The van der Waals surface area contributed by atoms with Crippen LogP contribution in [0.15, 0.2) is 59.5 Å². The Morgan fingerprint density at radius 3 is 2.65 bits per heavy atom. The Bertz CT molecular complexity index is 1320. The maximum absolute atomic E-state index is 12.0. The van der Waals surface area contributed by atoms with Gasteiger partial charge in [-0.1, -0.05) is 18.2 Å². The first kappa shape index (κ1) is 19.5. The first-order valence-corrected chi connectivity index (χ1v) is 10.7. The van der Waals surface area contributed by atoms with Crippen LogP contribution in [0, 0.1) is 10.1 Å². The molecule has 0 bridgehead atoms. The number of nitrogens with one attached hydrogen (secondary N) is 2. The fraction of sp³-hybridized carbons (Fsp3) is 0.292. The van der Waals surface area contributed by atoms with E-state index in [1.807, 2.05) is 0 Å². The van der Waals surface area contributed by atoms with Crippen LogP contribution < -0.4 is 5.56 Å². The van der Waals surface area contributed by atoms with Crippen molar-refractivity contribution < 1.29 is 4.92 Å². The first-order chi connectivity index (χ1) is 15.1. The summed E-state index contributed by atoms with van der Waals surface area (Å²) < 4.78 is 0. The molecular formula is C24H24N4O3. The monoisotopic (exact) mass is 416 g/mol. The number of likely N-dealkylation sites (tertiary alicyclic amines) is 1. The normalized spacial score (nSPS) is 15.6. The summed E-state index contributed by atoms with van der Waals surface area (Å²) in [6, 6.07) is 14.6. The number of aromatic amines is 2. The van der Waals surface area contributed by atoms with Gasteiger partial charge in [-0.25, -0.2) is 0 Å².